The zero-order valence-corrected chi connectivity index (χ0v) is 9.65. The lowest BCUT2D eigenvalue weighted by Crippen LogP contribution is -2.50. The van der Waals surface area contributed by atoms with Gasteiger partial charge < -0.3 is 15.3 Å². The van der Waals surface area contributed by atoms with Gasteiger partial charge in [-0.3, -0.25) is 4.79 Å². The van der Waals surface area contributed by atoms with Crippen molar-refractivity contribution in [1.82, 2.24) is 5.32 Å². The molecule has 0 saturated carbocycles. The molecule has 4 nitrogen and oxygen atoms in total. The molecule has 2 N–H and O–H groups in total. The van der Waals surface area contributed by atoms with E-state index in [1.807, 2.05) is 24.3 Å². The third-order valence-electron chi connectivity index (χ3n) is 3.66. The van der Waals surface area contributed by atoms with Crippen LogP contribution in [0.25, 0.3) is 0 Å². The minimum Gasteiger partial charge on any atom is -0.379 e. The van der Waals surface area contributed by atoms with Gasteiger partial charge in [-0.1, -0.05) is 18.2 Å². The van der Waals surface area contributed by atoms with E-state index < -0.39 is 5.60 Å². The first-order chi connectivity index (χ1) is 8.21. The Kier molecular flexibility index (Phi) is 2.42. The molecule has 4 heteroatoms. The van der Waals surface area contributed by atoms with Crippen LogP contribution in [0.1, 0.15) is 12.0 Å². The predicted octanol–water partition coefficient (Wildman–Crippen LogP) is 0.300. The molecular weight excluding hydrogens is 216 g/mol. The van der Waals surface area contributed by atoms with Gasteiger partial charge in [-0.05, 0) is 31.0 Å². The van der Waals surface area contributed by atoms with E-state index in [4.69, 9.17) is 0 Å². The highest BCUT2D eigenvalue weighted by Crippen LogP contribution is 2.30. The highest BCUT2D eigenvalue weighted by molar-refractivity contribution is 6.01. The summed E-state index contributed by atoms with van der Waals surface area (Å²) < 4.78 is 0. The van der Waals surface area contributed by atoms with Gasteiger partial charge in [0.25, 0.3) is 5.91 Å². The molecule has 1 aromatic rings. The number of nitrogens with one attached hydrogen (secondary N) is 1. The quantitative estimate of drug-likeness (QED) is 0.732. The van der Waals surface area contributed by atoms with E-state index in [2.05, 4.69) is 5.32 Å². The summed E-state index contributed by atoms with van der Waals surface area (Å²) in [5.74, 6) is -0.160. The zero-order chi connectivity index (χ0) is 11.9. The van der Waals surface area contributed by atoms with Crippen molar-refractivity contribution in [3.63, 3.8) is 0 Å². The summed E-state index contributed by atoms with van der Waals surface area (Å²) in [4.78, 5) is 14.1. The summed E-state index contributed by atoms with van der Waals surface area (Å²) in [5, 5.41) is 13.3. The van der Waals surface area contributed by atoms with Crippen molar-refractivity contribution >= 4 is 11.6 Å². The summed E-state index contributed by atoms with van der Waals surface area (Å²) in [6, 6.07) is 7.91. The molecule has 1 unspecified atom stereocenters. The third-order valence-corrected chi connectivity index (χ3v) is 3.66. The second-order valence-electron chi connectivity index (χ2n) is 4.79. The number of β-amino-alcohol motifs (C(OH)–C–C–N with tert-alkyl or cyclic N) is 1. The lowest BCUT2D eigenvalue weighted by atomic mass is 10.0. The average Bonchev–Trinajstić information content (AvgIpc) is 2.95. The molecule has 3 rings (SSSR count). The van der Waals surface area contributed by atoms with Gasteiger partial charge in [-0.2, -0.15) is 0 Å². The molecule has 0 aromatic heterocycles. The number of carbonyl (C=O) groups excluding carboxylic acids is 1. The molecule has 1 saturated heterocycles. The molecule has 2 aliphatic heterocycles. The summed E-state index contributed by atoms with van der Waals surface area (Å²) >= 11 is 0. The highest BCUT2D eigenvalue weighted by atomic mass is 16.3. The predicted molar refractivity (Wildman–Crippen MR) is 64.9 cm³/mol. The van der Waals surface area contributed by atoms with Gasteiger partial charge in [-0.25, -0.2) is 0 Å². The van der Waals surface area contributed by atoms with Crippen LogP contribution in [0.3, 0.4) is 0 Å². The first-order valence-corrected chi connectivity index (χ1v) is 6.04. The SMILES string of the molecule is O=C(N1CCc2ccccc21)C1(O)CCNC1. The molecule has 0 bridgehead atoms. The molecule has 0 aliphatic carbocycles. The van der Waals surface area contributed by atoms with Gasteiger partial charge in [0.1, 0.15) is 0 Å². The number of benzene rings is 1. The van der Waals surface area contributed by atoms with Crippen LogP contribution in [0.15, 0.2) is 24.3 Å². The number of carbonyl (C=O) groups is 1. The third kappa shape index (κ3) is 1.64. The first-order valence-electron chi connectivity index (χ1n) is 6.04. The fourth-order valence-corrected chi connectivity index (χ4v) is 2.66. The largest absolute Gasteiger partial charge is 0.379 e. The van der Waals surface area contributed by atoms with Gasteiger partial charge in [0, 0.05) is 18.8 Å². The zero-order valence-electron chi connectivity index (χ0n) is 9.65. The molecule has 2 aliphatic rings. The van der Waals surface area contributed by atoms with Crippen LogP contribution in [0, 0.1) is 0 Å². The summed E-state index contributed by atoms with van der Waals surface area (Å²) in [5.41, 5.74) is 0.936. The van der Waals surface area contributed by atoms with Crippen LogP contribution in [0.5, 0.6) is 0 Å². The lowest BCUT2D eigenvalue weighted by molar-refractivity contribution is -0.134. The van der Waals surface area contributed by atoms with E-state index in [-0.39, 0.29) is 5.91 Å². The summed E-state index contributed by atoms with van der Waals surface area (Å²) in [6.07, 6.45) is 1.38. The monoisotopic (exact) mass is 232 g/mol. The molecule has 0 radical (unpaired) electrons. The molecule has 90 valence electrons. The Morgan fingerprint density at radius 3 is 3.00 bits per heavy atom. The molecular formula is C13H16N2O2. The fourth-order valence-electron chi connectivity index (χ4n) is 2.66. The van der Waals surface area contributed by atoms with Crippen molar-refractivity contribution in [2.24, 2.45) is 0 Å². The molecule has 2 heterocycles. The van der Waals surface area contributed by atoms with Gasteiger partial charge in [-0.15, -0.1) is 0 Å². The van der Waals surface area contributed by atoms with E-state index in [9.17, 15) is 9.90 Å². The number of rotatable bonds is 1. The Morgan fingerprint density at radius 2 is 2.24 bits per heavy atom. The molecule has 1 atom stereocenters. The molecule has 1 amide bonds. The normalized spacial score (nSPS) is 27.2. The van der Waals surface area contributed by atoms with Crippen LogP contribution in [-0.2, 0) is 11.2 Å². The fraction of sp³-hybridized carbons (Fsp3) is 0.462. The Hall–Kier alpha value is -1.39. The van der Waals surface area contributed by atoms with E-state index >= 15 is 0 Å². The van der Waals surface area contributed by atoms with Gasteiger partial charge in [0.2, 0.25) is 0 Å². The number of amides is 1. The second-order valence-corrected chi connectivity index (χ2v) is 4.79. The van der Waals surface area contributed by atoms with E-state index in [0.29, 0.717) is 26.1 Å². The highest BCUT2D eigenvalue weighted by Gasteiger charge is 2.43. The number of para-hydroxylation sites is 1. The number of nitrogens with zero attached hydrogens (tertiary/aromatic N) is 1. The topological polar surface area (TPSA) is 52.6 Å². The van der Waals surface area contributed by atoms with Crippen LogP contribution in [-0.4, -0.2) is 36.2 Å². The maximum Gasteiger partial charge on any atom is 0.260 e. The van der Waals surface area contributed by atoms with Crippen LogP contribution < -0.4 is 10.2 Å². The van der Waals surface area contributed by atoms with Crippen molar-refractivity contribution in [3.8, 4) is 0 Å². The van der Waals surface area contributed by atoms with Crippen LogP contribution in [0.2, 0.25) is 0 Å². The number of hydrogen-bond acceptors (Lipinski definition) is 3. The van der Waals surface area contributed by atoms with Gasteiger partial charge in [0.05, 0.1) is 0 Å². The Labute approximate surface area is 100 Å². The van der Waals surface area contributed by atoms with Crippen LogP contribution >= 0.6 is 0 Å². The summed E-state index contributed by atoms with van der Waals surface area (Å²) in [6.45, 7) is 1.75. The minimum atomic E-state index is -1.21. The first kappa shape index (κ1) is 10.7. The van der Waals surface area contributed by atoms with Crippen molar-refractivity contribution in [2.45, 2.75) is 18.4 Å². The molecule has 1 fully saturated rings. The number of anilines is 1. The maximum atomic E-state index is 12.4. The molecule has 1 aromatic carbocycles. The van der Waals surface area contributed by atoms with Crippen molar-refractivity contribution in [3.05, 3.63) is 29.8 Å². The number of hydrogen-bond donors (Lipinski definition) is 2. The maximum absolute atomic E-state index is 12.4. The Morgan fingerprint density at radius 1 is 1.41 bits per heavy atom. The van der Waals surface area contributed by atoms with Gasteiger partial charge >= 0.3 is 0 Å². The van der Waals surface area contributed by atoms with Crippen molar-refractivity contribution < 1.29 is 9.90 Å². The average molecular weight is 232 g/mol. The number of fused-ring (bicyclic) bond motifs is 1. The Balaban J connectivity index is 1.89. The lowest BCUT2D eigenvalue weighted by Gasteiger charge is -2.27. The second kappa shape index (κ2) is 3.82. The minimum absolute atomic E-state index is 0.160. The molecule has 17 heavy (non-hydrogen) atoms. The van der Waals surface area contributed by atoms with E-state index in [1.165, 1.54) is 5.56 Å². The van der Waals surface area contributed by atoms with Gasteiger partial charge in [0.15, 0.2) is 5.60 Å². The van der Waals surface area contributed by atoms with E-state index in [1.54, 1.807) is 4.90 Å². The smallest absolute Gasteiger partial charge is 0.260 e. The van der Waals surface area contributed by atoms with Crippen LogP contribution in [0.4, 0.5) is 5.69 Å². The molecule has 0 spiro atoms. The van der Waals surface area contributed by atoms with Crippen molar-refractivity contribution in [1.29, 1.82) is 0 Å². The van der Waals surface area contributed by atoms with E-state index in [0.717, 1.165) is 12.1 Å². The standard InChI is InChI=1S/C13H16N2O2/c16-12(13(17)6-7-14-9-13)15-8-5-10-3-1-2-4-11(10)15/h1-4,14,17H,5-9H2. The Bertz CT molecular complexity index is 452. The summed E-state index contributed by atoms with van der Waals surface area (Å²) in [7, 11) is 0. The number of aliphatic hydroxyl groups is 1. The van der Waals surface area contributed by atoms with Crippen molar-refractivity contribution in [2.75, 3.05) is 24.5 Å².